The molecule has 0 aromatic carbocycles. The van der Waals surface area contributed by atoms with E-state index in [1.54, 1.807) is 0 Å². The van der Waals surface area contributed by atoms with E-state index in [0.717, 1.165) is 63.9 Å². The average molecular weight is 238 g/mol. The first kappa shape index (κ1) is 12.6. The molecule has 1 saturated heterocycles. The van der Waals surface area contributed by atoms with Crippen molar-refractivity contribution in [2.45, 2.75) is 19.9 Å². The number of hydrogen-bond donors (Lipinski definition) is 1. The molecule has 0 amide bonds. The molecular weight excluding hydrogens is 216 g/mol. The van der Waals surface area contributed by atoms with Gasteiger partial charge in [-0.3, -0.25) is 4.90 Å². The summed E-state index contributed by atoms with van der Waals surface area (Å²) in [7, 11) is 0. The molecule has 17 heavy (non-hydrogen) atoms. The minimum absolute atomic E-state index is 0.824. The minimum atomic E-state index is 0.824. The Kier molecular flexibility index (Phi) is 5.04. The van der Waals surface area contributed by atoms with Crippen molar-refractivity contribution in [3.8, 4) is 0 Å². The van der Waals surface area contributed by atoms with Crippen LogP contribution in [-0.4, -0.2) is 44.3 Å². The van der Waals surface area contributed by atoms with Gasteiger partial charge in [-0.2, -0.15) is 0 Å². The Bertz CT molecular complexity index is 319. The zero-order valence-electron chi connectivity index (χ0n) is 10.6. The first-order valence-electron chi connectivity index (χ1n) is 6.47. The number of nitrogens with zero attached hydrogens (tertiary/aromatic N) is 1. The van der Waals surface area contributed by atoms with E-state index in [2.05, 4.69) is 29.3 Å². The molecule has 0 aliphatic carbocycles. The highest BCUT2D eigenvalue weighted by atomic mass is 16.5. The van der Waals surface area contributed by atoms with E-state index in [1.165, 1.54) is 0 Å². The SMILES string of the molecule is CCc1ccc(CNCCN2CCOCC2)o1. The van der Waals surface area contributed by atoms with Crippen LogP contribution in [0.4, 0.5) is 0 Å². The lowest BCUT2D eigenvalue weighted by atomic mass is 10.3. The van der Waals surface area contributed by atoms with Gasteiger partial charge < -0.3 is 14.5 Å². The van der Waals surface area contributed by atoms with Gasteiger partial charge in [0, 0.05) is 32.6 Å². The lowest BCUT2D eigenvalue weighted by Crippen LogP contribution is -2.40. The smallest absolute Gasteiger partial charge is 0.117 e. The number of nitrogens with one attached hydrogen (secondary N) is 1. The number of morpholine rings is 1. The molecule has 0 saturated carbocycles. The number of rotatable bonds is 6. The van der Waals surface area contributed by atoms with Gasteiger partial charge in [0.25, 0.3) is 0 Å². The maximum Gasteiger partial charge on any atom is 0.117 e. The van der Waals surface area contributed by atoms with Crippen molar-refractivity contribution in [1.82, 2.24) is 10.2 Å². The molecule has 4 heteroatoms. The lowest BCUT2D eigenvalue weighted by Gasteiger charge is -2.26. The first-order valence-corrected chi connectivity index (χ1v) is 6.47. The summed E-state index contributed by atoms with van der Waals surface area (Å²) >= 11 is 0. The van der Waals surface area contributed by atoms with Crippen LogP contribution in [0.2, 0.25) is 0 Å². The van der Waals surface area contributed by atoms with Crippen LogP contribution < -0.4 is 5.32 Å². The third-order valence-corrected chi connectivity index (χ3v) is 3.07. The minimum Gasteiger partial charge on any atom is -0.465 e. The highest BCUT2D eigenvalue weighted by Crippen LogP contribution is 2.07. The summed E-state index contributed by atoms with van der Waals surface area (Å²) in [5.74, 6) is 2.10. The van der Waals surface area contributed by atoms with E-state index in [1.807, 2.05) is 0 Å². The van der Waals surface area contributed by atoms with Crippen LogP contribution in [0, 0.1) is 0 Å². The van der Waals surface area contributed by atoms with E-state index < -0.39 is 0 Å². The Labute approximate surface area is 103 Å². The van der Waals surface area contributed by atoms with Crippen molar-refractivity contribution < 1.29 is 9.15 Å². The zero-order valence-corrected chi connectivity index (χ0v) is 10.6. The topological polar surface area (TPSA) is 37.6 Å². The van der Waals surface area contributed by atoms with Crippen LogP contribution in [0.25, 0.3) is 0 Å². The van der Waals surface area contributed by atoms with Crippen molar-refractivity contribution in [3.05, 3.63) is 23.7 Å². The zero-order chi connectivity index (χ0) is 11.9. The fraction of sp³-hybridized carbons (Fsp3) is 0.692. The molecule has 1 aliphatic rings. The molecule has 1 N–H and O–H groups in total. The van der Waals surface area contributed by atoms with Crippen LogP contribution in [-0.2, 0) is 17.7 Å². The van der Waals surface area contributed by atoms with Crippen LogP contribution in [0.3, 0.4) is 0 Å². The molecule has 0 spiro atoms. The van der Waals surface area contributed by atoms with E-state index in [9.17, 15) is 0 Å². The van der Waals surface area contributed by atoms with Crippen molar-refractivity contribution >= 4 is 0 Å². The van der Waals surface area contributed by atoms with Crippen LogP contribution in [0.5, 0.6) is 0 Å². The van der Waals surface area contributed by atoms with Gasteiger partial charge in [0.1, 0.15) is 11.5 Å². The maximum atomic E-state index is 5.63. The second-order valence-corrected chi connectivity index (χ2v) is 4.35. The van der Waals surface area contributed by atoms with E-state index >= 15 is 0 Å². The second kappa shape index (κ2) is 6.79. The van der Waals surface area contributed by atoms with E-state index in [0.29, 0.717) is 0 Å². The summed E-state index contributed by atoms with van der Waals surface area (Å²) in [4.78, 5) is 2.43. The molecule has 0 unspecified atom stereocenters. The summed E-state index contributed by atoms with van der Waals surface area (Å²) in [5, 5.41) is 3.41. The molecule has 2 heterocycles. The number of furan rings is 1. The van der Waals surface area contributed by atoms with Crippen molar-refractivity contribution in [1.29, 1.82) is 0 Å². The lowest BCUT2D eigenvalue weighted by molar-refractivity contribution is 0.0383. The third-order valence-electron chi connectivity index (χ3n) is 3.07. The Morgan fingerprint density at radius 1 is 1.24 bits per heavy atom. The quantitative estimate of drug-likeness (QED) is 0.757. The molecular formula is C13H22N2O2. The maximum absolute atomic E-state index is 5.63. The fourth-order valence-corrected chi connectivity index (χ4v) is 1.98. The Balaban J connectivity index is 1.59. The predicted molar refractivity (Wildman–Crippen MR) is 67.1 cm³/mol. The summed E-state index contributed by atoms with van der Waals surface area (Å²) in [6.07, 6.45) is 0.966. The van der Waals surface area contributed by atoms with Crippen molar-refractivity contribution in [2.24, 2.45) is 0 Å². The molecule has 1 aliphatic heterocycles. The van der Waals surface area contributed by atoms with Crippen molar-refractivity contribution in [2.75, 3.05) is 39.4 Å². The first-order chi connectivity index (χ1) is 8.38. The highest BCUT2D eigenvalue weighted by molar-refractivity contribution is 5.06. The van der Waals surface area contributed by atoms with Crippen LogP contribution in [0.1, 0.15) is 18.4 Å². The van der Waals surface area contributed by atoms with Crippen LogP contribution in [0.15, 0.2) is 16.5 Å². The second-order valence-electron chi connectivity index (χ2n) is 4.35. The molecule has 0 atom stereocenters. The van der Waals surface area contributed by atoms with E-state index in [-0.39, 0.29) is 0 Å². The summed E-state index contributed by atoms with van der Waals surface area (Å²) < 4.78 is 10.9. The summed E-state index contributed by atoms with van der Waals surface area (Å²) in [5.41, 5.74) is 0. The Morgan fingerprint density at radius 3 is 2.71 bits per heavy atom. The molecule has 1 aromatic heterocycles. The summed E-state index contributed by atoms with van der Waals surface area (Å²) in [6.45, 7) is 8.88. The van der Waals surface area contributed by atoms with Crippen molar-refractivity contribution in [3.63, 3.8) is 0 Å². The van der Waals surface area contributed by atoms with Gasteiger partial charge in [-0.1, -0.05) is 6.92 Å². The van der Waals surface area contributed by atoms with Gasteiger partial charge in [0.05, 0.1) is 19.8 Å². The van der Waals surface area contributed by atoms with Crippen LogP contribution >= 0.6 is 0 Å². The monoisotopic (exact) mass is 238 g/mol. The number of ether oxygens (including phenoxy) is 1. The molecule has 96 valence electrons. The fourth-order valence-electron chi connectivity index (χ4n) is 1.98. The normalized spacial score (nSPS) is 17.5. The Hall–Kier alpha value is -0.840. The average Bonchev–Trinajstić information content (AvgIpc) is 2.84. The van der Waals surface area contributed by atoms with Gasteiger partial charge in [-0.15, -0.1) is 0 Å². The highest BCUT2D eigenvalue weighted by Gasteiger charge is 2.09. The number of hydrogen-bond acceptors (Lipinski definition) is 4. The molecule has 0 radical (unpaired) electrons. The summed E-state index contributed by atoms with van der Waals surface area (Å²) in [6, 6.07) is 4.11. The molecule has 4 nitrogen and oxygen atoms in total. The van der Waals surface area contributed by atoms with Gasteiger partial charge in [-0.25, -0.2) is 0 Å². The van der Waals surface area contributed by atoms with E-state index in [4.69, 9.17) is 9.15 Å². The third kappa shape index (κ3) is 4.15. The number of aryl methyl sites for hydroxylation is 1. The predicted octanol–water partition coefficient (Wildman–Crippen LogP) is 1.26. The molecule has 1 fully saturated rings. The molecule has 1 aromatic rings. The molecule has 0 bridgehead atoms. The van der Waals surface area contributed by atoms with Gasteiger partial charge >= 0.3 is 0 Å². The van der Waals surface area contributed by atoms with Gasteiger partial charge in [-0.05, 0) is 12.1 Å². The Morgan fingerprint density at radius 2 is 2.00 bits per heavy atom. The van der Waals surface area contributed by atoms with Gasteiger partial charge in [0.15, 0.2) is 0 Å². The largest absolute Gasteiger partial charge is 0.465 e. The standard InChI is InChI=1S/C13H22N2O2/c1-2-12-3-4-13(17-12)11-14-5-6-15-7-9-16-10-8-15/h3-4,14H,2,5-11H2,1H3. The molecule has 2 rings (SSSR count). The van der Waals surface area contributed by atoms with Gasteiger partial charge in [0.2, 0.25) is 0 Å².